The molecule has 2 heterocycles. The van der Waals surface area contributed by atoms with Gasteiger partial charge in [-0.3, -0.25) is 4.79 Å². The summed E-state index contributed by atoms with van der Waals surface area (Å²) in [7, 11) is 0. The van der Waals surface area contributed by atoms with E-state index in [0.717, 1.165) is 54.6 Å². The van der Waals surface area contributed by atoms with Crippen LogP contribution in [0.25, 0.3) is 5.69 Å². The molecule has 1 aromatic heterocycles. The molecule has 29 heavy (non-hydrogen) atoms. The molecule has 1 aromatic carbocycles. The van der Waals surface area contributed by atoms with Crippen molar-refractivity contribution >= 4 is 5.91 Å². The molecule has 0 saturated carbocycles. The average molecular weight is 397 g/mol. The molecule has 1 amide bonds. The summed E-state index contributed by atoms with van der Waals surface area (Å²) in [4.78, 5) is 15.3. The zero-order chi connectivity index (χ0) is 21.0. The number of nitrogens with zero attached hydrogens (tertiary/aromatic N) is 3. The van der Waals surface area contributed by atoms with Gasteiger partial charge in [-0.1, -0.05) is 32.0 Å². The number of benzene rings is 1. The molecule has 0 spiro atoms. The standard InChI is InChI=1S/C24H36N4O/c1-6-21(16-27-13-11-17(2)12-14-27)25-24(29)15-22-19(4)26-28(20(22)5)23-10-8-7-9-18(23)3/h7-10,17,21H,6,11-16H2,1-5H3,(H,25,29). The van der Waals surface area contributed by atoms with Crippen molar-refractivity contribution in [1.29, 1.82) is 0 Å². The lowest BCUT2D eigenvalue weighted by Crippen LogP contribution is -2.46. The highest BCUT2D eigenvalue weighted by atomic mass is 16.1. The van der Waals surface area contributed by atoms with Gasteiger partial charge >= 0.3 is 0 Å². The molecule has 1 fully saturated rings. The second kappa shape index (κ2) is 9.57. The van der Waals surface area contributed by atoms with Gasteiger partial charge in [-0.25, -0.2) is 4.68 Å². The number of piperidine rings is 1. The number of likely N-dealkylation sites (tertiary alicyclic amines) is 1. The predicted molar refractivity (Wildman–Crippen MR) is 119 cm³/mol. The summed E-state index contributed by atoms with van der Waals surface area (Å²) >= 11 is 0. The molecule has 1 N–H and O–H groups in total. The Hall–Kier alpha value is -2.14. The summed E-state index contributed by atoms with van der Waals surface area (Å²) in [6.07, 6.45) is 3.87. The van der Waals surface area contributed by atoms with Gasteiger partial charge in [-0.2, -0.15) is 5.10 Å². The van der Waals surface area contributed by atoms with Crippen molar-refractivity contribution in [2.75, 3.05) is 19.6 Å². The van der Waals surface area contributed by atoms with Gasteiger partial charge < -0.3 is 10.2 Å². The van der Waals surface area contributed by atoms with E-state index >= 15 is 0 Å². The third-order valence-corrected chi connectivity index (χ3v) is 6.33. The Balaban J connectivity index is 1.65. The lowest BCUT2D eigenvalue weighted by molar-refractivity contribution is -0.121. The summed E-state index contributed by atoms with van der Waals surface area (Å²) in [6.45, 7) is 13.9. The van der Waals surface area contributed by atoms with Crippen LogP contribution in [0.15, 0.2) is 24.3 Å². The smallest absolute Gasteiger partial charge is 0.224 e. The van der Waals surface area contributed by atoms with Crippen molar-refractivity contribution in [2.45, 2.75) is 66.3 Å². The maximum atomic E-state index is 12.8. The first-order chi connectivity index (χ1) is 13.9. The lowest BCUT2D eigenvalue weighted by Gasteiger charge is -2.33. The predicted octanol–water partition coefficient (Wildman–Crippen LogP) is 3.97. The number of carbonyl (C=O) groups excluding carboxylic acids is 1. The number of nitrogens with one attached hydrogen (secondary N) is 1. The summed E-state index contributed by atoms with van der Waals surface area (Å²) in [6, 6.07) is 8.43. The molecule has 5 nitrogen and oxygen atoms in total. The minimum absolute atomic E-state index is 0.0951. The van der Waals surface area contributed by atoms with Crippen LogP contribution in [0, 0.1) is 26.7 Å². The number of carbonyl (C=O) groups is 1. The zero-order valence-corrected chi connectivity index (χ0v) is 18.7. The van der Waals surface area contributed by atoms with Crippen molar-refractivity contribution in [2.24, 2.45) is 5.92 Å². The number of hydrogen-bond donors (Lipinski definition) is 1. The van der Waals surface area contributed by atoms with E-state index in [1.54, 1.807) is 0 Å². The molecule has 0 radical (unpaired) electrons. The van der Waals surface area contributed by atoms with E-state index in [4.69, 9.17) is 5.10 Å². The molecule has 2 aromatic rings. The molecule has 0 aliphatic carbocycles. The number of para-hydroxylation sites is 1. The second-order valence-electron chi connectivity index (χ2n) is 8.68. The third kappa shape index (κ3) is 5.27. The van der Waals surface area contributed by atoms with Crippen molar-refractivity contribution in [3.63, 3.8) is 0 Å². The molecule has 1 saturated heterocycles. The largest absolute Gasteiger partial charge is 0.352 e. The van der Waals surface area contributed by atoms with Gasteiger partial charge in [-0.15, -0.1) is 0 Å². The minimum atomic E-state index is 0.0951. The Morgan fingerprint density at radius 3 is 2.55 bits per heavy atom. The van der Waals surface area contributed by atoms with Gasteiger partial charge in [0.15, 0.2) is 0 Å². The quantitative estimate of drug-likeness (QED) is 0.770. The van der Waals surface area contributed by atoms with Gasteiger partial charge in [-0.05, 0) is 70.7 Å². The van der Waals surface area contributed by atoms with Crippen molar-refractivity contribution in [3.05, 3.63) is 46.8 Å². The average Bonchev–Trinajstić information content (AvgIpc) is 2.97. The number of hydrogen-bond acceptors (Lipinski definition) is 3. The van der Waals surface area contributed by atoms with Crippen LogP contribution in [-0.4, -0.2) is 46.3 Å². The van der Waals surface area contributed by atoms with Gasteiger partial charge in [0, 0.05) is 23.8 Å². The lowest BCUT2D eigenvalue weighted by atomic mass is 9.98. The Kier molecular flexibility index (Phi) is 7.12. The van der Waals surface area contributed by atoms with Crippen LogP contribution in [0.1, 0.15) is 55.6 Å². The van der Waals surface area contributed by atoms with E-state index in [9.17, 15) is 4.79 Å². The molecule has 1 aliphatic rings. The Bertz CT molecular complexity index is 833. The van der Waals surface area contributed by atoms with Crippen molar-refractivity contribution in [3.8, 4) is 5.69 Å². The fourth-order valence-electron chi connectivity index (χ4n) is 4.24. The SMILES string of the molecule is CCC(CN1CCC(C)CC1)NC(=O)Cc1c(C)nn(-c2ccccc2C)c1C. The summed E-state index contributed by atoms with van der Waals surface area (Å²) in [5.41, 5.74) is 5.26. The van der Waals surface area contributed by atoms with Gasteiger partial charge in [0.2, 0.25) is 5.91 Å². The zero-order valence-electron chi connectivity index (χ0n) is 18.7. The van der Waals surface area contributed by atoms with E-state index < -0.39 is 0 Å². The highest BCUT2D eigenvalue weighted by molar-refractivity contribution is 5.79. The molecule has 1 unspecified atom stereocenters. The summed E-state index contributed by atoms with van der Waals surface area (Å²) in [5.74, 6) is 0.925. The first-order valence-corrected chi connectivity index (χ1v) is 11.0. The van der Waals surface area contributed by atoms with Gasteiger partial charge in [0.25, 0.3) is 0 Å². The minimum Gasteiger partial charge on any atom is -0.352 e. The normalized spacial score (nSPS) is 16.7. The van der Waals surface area contributed by atoms with E-state index in [1.807, 2.05) is 23.7 Å². The Morgan fingerprint density at radius 1 is 1.21 bits per heavy atom. The first-order valence-electron chi connectivity index (χ1n) is 11.0. The molecule has 0 bridgehead atoms. The molecule has 3 rings (SSSR count). The van der Waals surface area contributed by atoms with E-state index in [2.05, 4.69) is 50.0 Å². The van der Waals surface area contributed by atoms with Crippen LogP contribution in [-0.2, 0) is 11.2 Å². The van der Waals surface area contributed by atoms with E-state index in [1.165, 1.54) is 18.4 Å². The maximum Gasteiger partial charge on any atom is 0.224 e. The second-order valence-corrected chi connectivity index (χ2v) is 8.68. The summed E-state index contributed by atoms with van der Waals surface area (Å²) in [5, 5.41) is 7.99. The van der Waals surface area contributed by atoms with Crippen LogP contribution >= 0.6 is 0 Å². The maximum absolute atomic E-state index is 12.8. The van der Waals surface area contributed by atoms with Crippen LogP contribution in [0.4, 0.5) is 0 Å². The van der Waals surface area contributed by atoms with E-state index in [0.29, 0.717) is 6.42 Å². The van der Waals surface area contributed by atoms with Crippen LogP contribution in [0.5, 0.6) is 0 Å². The molecule has 5 heteroatoms. The van der Waals surface area contributed by atoms with Gasteiger partial charge in [0.1, 0.15) is 0 Å². The fourth-order valence-corrected chi connectivity index (χ4v) is 4.24. The molecule has 158 valence electrons. The topological polar surface area (TPSA) is 50.2 Å². The molecular formula is C24H36N4O. The van der Waals surface area contributed by atoms with E-state index in [-0.39, 0.29) is 11.9 Å². The van der Waals surface area contributed by atoms with Crippen LogP contribution in [0.2, 0.25) is 0 Å². The fraction of sp³-hybridized carbons (Fsp3) is 0.583. The molecule has 1 atom stereocenters. The molecule has 1 aliphatic heterocycles. The third-order valence-electron chi connectivity index (χ3n) is 6.33. The number of aryl methyl sites for hydroxylation is 2. The van der Waals surface area contributed by atoms with Crippen LogP contribution in [0.3, 0.4) is 0 Å². The number of aromatic nitrogens is 2. The Morgan fingerprint density at radius 2 is 1.90 bits per heavy atom. The number of amides is 1. The first kappa shape index (κ1) is 21.6. The van der Waals surface area contributed by atoms with Crippen LogP contribution < -0.4 is 5.32 Å². The summed E-state index contributed by atoms with van der Waals surface area (Å²) < 4.78 is 1.97. The highest BCUT2D eigenvalue weighted by Crippen LogP contribution is 2.21. The van der Waals surface area contributed by atoms with Gasteiger partial charge in [0.05, 0.1) is 17.8 Å². The number of rotatable bonds is 7. The van der Waals surface area contributed by atoms with Crippen molar-refractivity contribution in [1.82, 2.24) is 20.0 Å². The monoisotopic (exact) mass is 396 g/mol. The molecular weight excluding hydrogens is 360 g/mol. The Labute approximate surface area is 175 Å². The van der Waals surface area contributed by atoms with Crippen molar-refractivity contribution < 1.29 is 4.79 Å². The highest BCUT2D eigenvalue weighted by Gasteiger charge is 2.21.